The number of aliphatic carboxylic acids is 1. The summed E-state index contributed by atoms with van der Waals surface area (Å²) in [4.78, 5) is 22.7. The Labute approximate surface area is 121 Å². The summed E-state index contributed by atoms with van der Waals surface area (Å²) in [6.45, 7) is 3.70. The molecule has 0 aliphatic heterocycles. The summed E-state index contributed by atoms with van der Waals surface area (Å²) in [6.07, 6.45) is 0.298. The lowest BCUT2D eigenvalue weighted by molar-refractivity contribution is -0.139. The summed E-state index contributed by atoms with van der Waals surface area (Å²) in [6, 6.07) is 1.83. The number of carboxylic acid groups (broad SMARTS) is 1. The normalized spacial score (nSPS) is 12.1. The van der Waals surface area contributed by atoms with Crippen LogP contribution in [0.1, 0.15) is 20.3 Å². The highest BCUT2D eigenvalue weighted by atomic mass is 35.5. The van der Waals surface area contributed by atoms with Crippen LogP contribution >= 0.6 is 11.6 Å². The van der Waals surface area contributed by atoms with Crippen LogP contribution in [-0.2, 0) is 4.79 Å². The molecule has 0 saturated heterocycles. The summed E-state index contributed by atoms with van der Waals surface area (Å²) in [5.74, 6) is -1.60. The minimum atomic E-state index is -1.12. The van der Waals surface area contributed by atoms with E-state index in [9.17, 15) is 14.0 Å². The quantitative estimate of drug-likeness (QED) is 0.782. The van der Waals surface area contributed by atoms with Crippen molar-refractivity contribution < 1.29 is 19.1 Å². The molecule has 2 amide bonds. The van der Waals surface area contributed by atoms with Crippen molar-refractivity contribution in [3.63, 3.8) is 0 Å². The maximum atomic E-state index is 13.1. The molecule has 0 aliphatic carbocycles. The van der Waals surface area contributed by atoms with Gasteiger partial charge in [-0.3, -0.25) is 0 Å². The van der Waals surface area contributed by atoms with Gasteiger partial charge >= 0.3 is 12.0 Å². The lowest BCUT2D eigenvalue weighted by Crippen LogP contribution is -2.43. The van der Waals surface area contributed by atoms with Crippen LogP contribution in [0.25, 0.3) is 0 Å². The van der Waals surface area contributed by atoms with E-state index in [1.54, 1.807) is 0 Å². The highest BCUT2D eigenvalue weighted by Crippen LogP contribution is 2.18. The lowest BCUT2D eigenvalue weighted by Gasteiger charge is -2.17. The zero-order valence-electron chi connectivity index (χ0n) is 11.1. The smallest absolute Gasteiger partial charge is 0.326 e. The van der Waals surface area contributed by atoms with Crippen molar-refractivity contribution in [2.75, 3.05) is 5.32 Å². The maximum absolute atomic E-state index is 13.1. The molecule has 0 fully saturated rings. The van der Waals surface area contributed by atoms with E-state index in [2.05, 4.69) is 10.6 Å². The fourth-order valence-electron chi connectivity index (χ4n) is 1.64. The van der Waals surface area contributed by atoms with Gasteiger partial charge in [-0.25, -0.2) is 14.0 Å². The molecule has 0 radical (unpaired) electrons. The van der Waals surface area contributed by atoms with Crippen LogP contribution in [-0.4, -0.2) is 23.1 Å². The Hall–Kier alpha value is -1.82. The van der Waals surface area contributed by atoms with Crippen LogP contribution in [0.4, 0.5) is 14.9 Å². The average Bonchev–Trinajstić information content (AvgIpc) is 2.25. The summed E-state index contributed by atoms with van der Waals surface area (Å²) < 4.78 is 13.1. The Morgan fingerprint density at radius 2 is 2.00 bits per heavy atom. The number of amides is 2. The second-order valence-electron chi connectivity index (χ2n) is 4.78. The topological polar surface area (TPSA) is 78.4 Å². The van der Waals surface area contributed by atoms with E-state index in [4.69, 9.17) is 16.7 Å². The molecule has 1 aromatic carbocycles. The van der Waals surface area contributed by atoms with Crippen molar-refractivity contribution in [3.8, 4) is 0 Å². The molecular weight excluding hydrogens is 287 g/mol. The van der Waals surface area contributed by atoms with Crippen LogP contribution in [0.2, 0.25) is 5.02 Å². The number of rotatable bonds is 5. The summed E-state index contributed by atoms with van der Waals surface area (Å²) >= 11 is 5.65. The fraction of sp³-hybridized carbons (Fsp3) is 0.385. The molecule has 5 nitrogen and oxygen atoms in total. The Morgan fingerprint density at radius 1 is 1.35 bits per heavy atom. The Balaban J connectivity index is 2.68. The first-order valence-corrected chi connectivity index (χ1v) is 6.42. The van der Waals surface area contributed by atoms with Gasteiger partial charge in [-0.1, -0.05) is 25.4 Å². The number of carboxylic acids is 1. The van der Waals surface area contributed by atoms with Gasteiger partial charge in [0.05, 0.1) is 0 Å². The third-order valence-corrected chi connectivity index (χ3v) is 2.65. The number of carbonyl (C=O) groups is 2. The van der Waals surface area contributed by atoms with Gasteiger partial charge in [-0.05, 0) is 30.5 Å². The molecule has 110 valence electrons. The highest BCUT2D eigenvalue weighted by Gasteiger charge is 2.21. The van der Waals surface area contributed by atoms with Crippen LogP contribution in [0.5, 0.6) is 0 Å². The standard InChI is InChI=1S/C13H16ClFN2O3/c1-7(2)3-11(12(18)19)17-13(20)16-10-5-8(14)4-9(15)6-10/h4-7,11H,3H2,1-2H3,(H,18,19)(H2,16,17,20)/t11-/m0/s1. The van der Waals surface area contributed by atoms with E-state index in [1.165, 1.54) is 6.07 Å². The van der Waals surface area contributed by atoms with Crippen LogP contribution in [0.15, 0.2) is 18.2 Å². The zero-order chi connectivity index (χ0) is 15.3. The third-order valence-electron chi connectivity index (χ3n) is 2.43. The minimum absolute atomic E-state index is 0.111. The van der Waals surface area contributed by atoms with Gasteiger partial charge < -0.3 is 15.7 Å². The van der Waals surface area contributed by atoms with E-state index < -0.39 is 23.9 Å². The summed E-state index contributed by atoms with van der Waals surface area (Å²) in [5, 5.41) is 13.8. The molecule has 0 heterocycles. The van der Waals surface area contributed by atoms with E-state index >= 15 is 0 Å². The predicted octanol–water partition coefficient (Wildman–Crippen LogP) is 3.10. The SMILES string of the molecule is CC(C)C[C@H](NC(=O)Nc1cc(F)cc(Cl)c1)C(=O)O. The zero-order valence-corrected chi connectivity index (χ0v) is 11.9. The van der Waals surface area contributed by atoms with E-state index in [0.29, 0.717) is 6.42 Å². The van der Waals surface area contributed by atoms with Gasteiger partial charge in [0.2, 0.25) is 0 Å². The Kier molecular flexibility index (Phi) is 5.76. The van der Waals surface area contributed by atoms with E-state index in [0.717, 1.165) is 12.1 Å². The maximum Gasteiger partial charge on any atom is 0.326 e. The Morgan fingerprint density at radius 3 is 2.50 bits per heavy atom. The van der Waals surface area contributed by atoms with Crippen molar-refractivity contribution in [2.45, 2.75) is 26.3 Å². The van der Waals surface area contributed by atoms with Crippen LogP contribution in [0.3, 0.4) is 0 Å². The van der Waals surface area contributed by atoms with Gasteiger partial charge in [-0.15, -0.1) is 0 Å². The molecule has 1 atom stereocenters. The number of hydrogen-bond donors (Lipinski definition) is 3. The predicted molar refractivity (Wildman–Crippen MR) is 74.4 cm³/mol. The van der Waals surface area contributed by atoms with Gasteiger partial charge in [0.1, 0.15) is 11.9 Å². The molecule has 1 aromatic rings. The molecule has 7 heteroatoms. The van der Waals surface area contributed by atoms with Gasteiger partial charge in [-0.2, -0.15) is 0 Å². The minimum Gasteiger partial charge on any atom is -0.480 e. The highest BCUT2D eigenvalue weighted by molar-refractivity contribution is 6.30. The first kappa shape index (κ1) is 16.2. The first-order chi connectivity index (χ1) is 9.27. The summed E-state index contributed by atoms with van der Waals surface area (Å²) in [5.41, 5.74) is 0.154. The summed E-state index contributed by atoms with van der Waals surface area (Å²) in [7, 11) is 0. The second kappa shape index (κ2) is 7.09. The Bertz CT molecular complexity index is 488. The third kappa shape index (κ3) is 5.44. The molecule has 3 N–H and O–H groups in total. The molecular formula is C13H16ClFN2O3. The van der Waals surface area contributed by atoms with E-state index in [-0.39, 0.29) is 16.6 Å². The molecule has 0 saturated carbocycles. The van der Waals surface area contributed by atoms with E-state index in [1.807, 2.05) is 13.8 Å². The number of nitrogens with one attached hydrogen (secondary N) is 2. The molecule has 1 rings (SSSR count). The average molecular weight is 303 g/mol. The first-order valence-electron chi connectivity index (χ1n) is 6.04. The molecule has 0 spiro atoms. The van der Waals surface area contributed by atoms with Crippen molar-refractivity contribution in [2.24, 2.45) is 5.92 Å². The largest absolute Gasteiger partial charge is 0.480 e. The monoisotopic (exact) mass is 302 g/mol. The molecule has 0 aliphatic rings. The van der Waals surface area contributed by atoms with Crippen LogP contribution in [0, 0.1) is 11.7 Å². The van der Waals surface area contributed by atoms with Crippen molar-refractivity contribution in [3.05, 3.63) is 29.0 Å². The van der Waals surface area contributed by atoms with Crippen molar-refractivity contribution in [1.29, 1.82) is 0 Å². The number of hydrogen-bond acceptors (Lipinski definition) is 2. The van der Waals surface area contributed by atoms with Crippen molar-refractivity contribution in [1.82, 2.24) is 5.32 Å². The van der Waals surface area contributed by atoms with Gasteiger partial charge in [0.15, 0.2) is 0 Å². The van der Waals surface area contributed by atoms with Gasteiger partial charge in [0.25, 0.3) is 0 Å². The molecule has 0 bridgehead atoms. The number of halogens is 2. The number of carbonyl (C=O) groups excluding carboxylic acids is 1. The van der Waals surface area contributed by atoms with Gasteiger partial charge in [0, 0.05) is 10.7 Å². The number of anilines is 1. The van der Waals surface area contributed by atoms with Crippen molar-refractivity contribution >= 4 is 29.3 Å². The number of benzene rings is 1. The fourth-order valence-corrected chi connectivity index (χ4v) is 1.87. The molecule has 20 heavy (non-hydrogen) atoms. The lowest BCUT2D eigenvalue weighted by atomic mass is 10.0. The second-order valence-corrected chi connectivity index (χ2v) is 5.21. The number of urea groups is 1. The molecule has 0 unspecified atom stereocenters. The van der Waals surface area contributed by atoms with Crippen LogP contribution < -0.4 is 10.6 Å². The molecule has 0 aromatic heterocycles.